The first-order valence-corrected chi connectivity index (χ1v) is 5.53. The number of amides is 1. The van der Waals surface area contributed by atoms with Gasteiger partial charge in [-0.15, -0.1) is 0 Å². The van der Waals surface area contributed by atoms with Gasteiger partial charge in [-0.25, -0.2) is 0 Å². The lowest BCUT2D eigenvalue weighted by Crippen LogP contribution is -2.33. The number of carbonyl (C=O) groups excluding carboxylic acids is 1. The molecule has 84 valence electrons. The molecule has 1 amide bonds. The van der Waals surface area contributed by atoms with Crippen LogP contribution in [0, 0.1) is 11.3 Å². The fraction of sp³-hybridized carbons (Fsp3) is 0.385. The molecule has 0 spiro atoms. The summed E-state index contributed by atoms with van der Waals surface area (Å²) in [5, 5.41) is 11.6. The van der Waals surface area contributed by atoms with Gasteiger partial charge in [0.1, 0.15) is 6.04 Å². The Balaban J connectivity index is 2.53. The maximum atomic E-state index is 11.7. The Morgan fingerprint density at radius 1 is 1.44 bits per heavy atom. The zero-order valence-electron chi connectivity index (χ0n) is 9.44. The summed E-state index contributed by atoms with van der Waals surface area (Å²) < 4.78 is 0. The number of rotatable bonds is 5. The van der Waals surface area contributed by atoms with E-state index in [0.29, 0.717) is 12.0 Å². The zero-order valence-corrected chi connectivity index (χ0v) is 9.44. The SMILES string of the molecule is CCCCC(C#N)NC(=O)c1ccccc1. The van der Waals surface area contributed by atoms with Crippen LogP contribution in [0.1, 0.15) is 36.5 Å². The quantitative estimate of drug-likeness (QED) is 0.822. The van der Waals surface area contributed by atoms with E-state index in [0.717, 1.165) is 12.8 Å². The summed E-state index contributed by atoms with van der Waals surface area (Å²) in [6.07, 6.45) is 2.69. The van der Waals surface area contributed by atoms with Crippen LogP contribution in [0.4, 0.5) is 0 Å². The average Bonchev–Trinajstić information content (AvgIpc) is 2.35. The highest BCUT2D eigenvalue weighted by atomic mass is 16.1. The summed E-state index contributed by atoms with van der Waals surface area (Å²) >= 11 is 0. The van der Waals surface area contributed by atoms with E-state index < -0.39 is 0 Å². The van der Waals surface area contributed by atoms with Crippen LogP contribution >= 0.6 is 0 Å². The minimum Gasteiger partial charge on any atom is -0.336 e. The molecule has 1 aromatic carbocycles. The second kappa shape index (κ2) is 6.62. The fourth-order valence-electron chi connectivity index (χ4n) is 1.41. The van der Waals surface area contributed by atoms with E-state index in [1.54, 1.807) is 12.1 Å². The molecule has 1 N–H and O–H groups in total. The first-order chi connectivity index (χ1) is 7.77. The number of nitrogens with zero attached hydrogens (tertiary/aromatic N) is 1. The third-order valence-electron chi connectivity index (χ3n) is 2.34. The summed E-state index contributed by atoms with van der Waals surface area (Å²) in [5.74, 6) is -0.178. The normalized spacial score (nSPS) is 11.5. The molecule has 3 heteroatoms. The highest BCUT2D eigenvalue weighted by Gasteiger charge is 2.11. The van der Waals surface area contributed by atoms with Crippen LogP contribution < -0.4 is 5.32 Å². The van der Waals surface area contributed by atoms with Gasteiger partial charge in [0.05, 0.1) is 6.07 Å². The predicted octanol–water partition coefficient (Wildman–Crippen LogP) is 2.50. The second-order valence-electron chi connectivity index (χ2n) is 3.66. The van der Waals surface area contributed by atoms with Crippen molar-refractivity contribution in [2.24, 2.45) is 0 Å². The minimum absolute atomic E-state index is 0.178. The zero-order chi connectivity index (χ0) is 11.8. The topological polar surface area (TPSA) is 52.9 Å². The van der Waals surface area contributed by atoms with E-state index in [2.05, 4.69) is 18.3 Å². The van der Waals surface area contributed by atoms with E-state index in [1.807, 2.05) is 18.2 Å². The van der Waals surface area contributed by atoms with Crippen LogP contribution in [0.2, 0.25) is 0 Å². The monoisotopic (exact) mass is 216 g/mol. The summed E-state index contributed by atoms with van der Waals surface area (Å²) in [6, 6.07) is 10.7. The van der Waals surface area contributed by atoms with Crippen LogP contribution in [-0.4, -0.2) is 11.9 Å². The van der Waals surface area contributed by atoms with Crippen molar-refractivity contribution < 1.29 is 4.79 Å². The first kappa shape index (κ1) is 12.3. The number of unbranched alkanes of at least 4 members (excludes halogenated alkanes) is 1. The van der Waals surface area contributed by atoms with Crippen molar-refractivity contribution in [2.45, 2.75) is 32.2 Å². The second-order valence-corrected chi connectivity index (χ2v) is 3.66. The molecule has 3 nitrogen and oxygen atoms in total. The molecule has 0 heterocycles. The molecule has 1 unspecified atom stereocenters. The molecule has 0 radical (unpaired) electrons. The van der Waals surface area contributed by atoms with Gasteiger partial charge in [-0.3, -0.25) is 4.79 Å². The molecule has 16 heavy (non-hydrogen) atoms. The fourth-order valence-corrected chi connectivity index (χ4v) is 1.41. The third kappa shape index (κ3) is 3.74. The largest absolute Gasteiger partial charge is 0.336 e. The summed E-state index contributed by atoms with van der Waals surface area (Å²) in [4.78, 5) is 11.7. The predicted molar refractivity (Wildman–Crippen MR) is 62.8 cm³/mol. The molecule has 0 fully saturated rings. The van der Waals surface area contributed by atoms with Crippen molar-refractivity contribution in [3.63, 3.8) is 0 Å². The Kier molecular flexibility index (Phi) is 5.07. The summed E-state index contributed by atoms with van der Waals surface area (Å²) in [6.45, 7) is 2.06. The van der Waals surface area contributed by atoms with Crippen LogP contribution in [-0.2, 0) is 0 Å². The van der Waals surface area contributed by atoms with Crippen molar-refractivity contribution in [1.29, 1.82) is 5.26 Å². The van der Waals surface area contributed by atoms with Gasteiger partial charge in [0.15, 0.2) is 0 Å². The average molecular weight is 216 g/mol. The van der Waals surface area contributed by atoms with E-state index >= 15 is 0 Å². The smallest absolute Gasteiger partial charge is 0.252 e. The Bertz CT molecular complexity index is 367. The van der Waals surface area contributed by atoms with Crippen molar-refractivity contribution in [1.82, 2.24) is 5.32 Å². The lowest BCUT2D eigenvalue weighted by Gasteiger charge is -2.10. The molecule has 1 aromatic rings. The molecular formula is C13H16N2O. The lowest BCUT2D eigenvalue weighted by molar-refractivity contribution is 0.0943. The van der Waals surface area contributed by atoms with Crippen LogP contribution in [0.5, 0.6) is 0 Å². The van der Waals surface area contributed by atoms with Crippen molar-refractivity contribution in [3.05, 3.63) is 35.9 Å². The number of carbonyl (C=O) groups is 1. The molecular weight excluding hydrogens is 200 g/mol. The van der Waals surface area contributed by atoms with Crippen molar-refractivity contribution >= 4 is 5.91 Å². The molecule has 0 aliphatic rings. The number of nitriles is 1. The number of nitrogens with one attached hydrogen (secondary N) is 1. The van der Waals surface area contributed by atoms with Crippen LogP contribution in [0.3, 0.4) is 0 Å². The van der Waals surface area contributed by atoms with Gasteiger partial charge < -0.3 is 5.32 Å². The number of hydrogen-bond donors (Lipinski definition) is 1. The molecule has 0 bridgehead atoms. The molecule has 0 aliphatic carbocycles. The Morgan fingerprint density at radius 3 is 2.69 bits per heavy atom. The van der Waals surface area contributed by atoms with Gasteiger partial charge in [0.2, 0.25) is 0 Å². The highest BCUT2D eigenvalue weighted by Crippen LogP contribution is 2.03. The standard InChI is InChI=1S/C13H16N2O/c1-2-3-9-12(10-14)15-13(16)11-7-5-4-6-8-11/h4-8,12H,2-3,9H2,1H3,(H,15,16). The van der Waals surface area contributed by atoms with Gasteiger partial charge in [0.25, 0.3) is 5.91 Å². The molecule has 1 rings (SSSR count). The molecule has 0 aromatic heterocycles. The Hall–Kier alpha value is -1.82. The maximum absolute atomic E-state index is 11.7. The molecule has 0 aliphatic heterocycles. The maximum Gasteiger partial charge on any atom is 0.252 e. The van der Waals surface area contributed by atoms with E-state index in [9.17, 15) is 4.79 Å². The first-order valence-electron chi connectivity index (χ1n) is 5.53. The van der Waals surface area contributed by atoms with Gasteiger partial charge in [-0.2, -0.15) is 5.26 Å². The summed E-state index contributed by atoms with van der Waals surface area (Å²) in [7, 11) is 0. The summed E-state index contributed by atoms with van der Waals surface area (Å²) in [5.41, 5.74) is 0.597. The molecule has 0 saturated heterocycles. The van der Waals surface area contributed by atoms with Crippen LogP contribution in [0.25, 0.3) is 0 Å². The van der Waals surface area contributed by atoms with Gasteiger partial charge in [-0.1, -0.05) is 38.0 Å². The van der Waals surface area contributed by atoms with Gasteiger partial charge in [0, 0.05) is 5.56 Å². The molecule has 1 atom stereocenters. The third-order valence-corrected chi connectivity index (χ3v) is 2.34. The van der Waals surface area contributed by atoms with Gasteiger partial charge in [-0.05, 0) is 18.6 Å². The van der Waals surface area contributed by atoms with E-state index in [-0.39, 0.29) is 11.9 Å². The van der Waals surface area contributed by atoms with Crippen molar-refractivity contribution in [3.8, 4) is 6.07 Å². The minimum atomic E-state index is -0.382. The number of hydrogen-bond acceptors (Lipinski definition) is 2. The molecule has 0 saturated carbocycles. The van der Waals surface area contributed by atoms with E-state index in [4.69, 9.17) is 5.26 Å². The highest BCUT2D eigenvalue weighted by molar-refractivity contribution is 5.94. The lowest BCUT2D eigenvalue weighted by atomic mass is 10.1. The van der Waals surface area contributed by atoms with E-state index in [1.165, 1.54) is 0 Å². The Morgan fingerprint density at radius 2 is 2.12 bits per heavy atom. The number of benzene rings is 1. The Labute approximate surface area is 96.1 Å². The van der Waals surface area contributed by atoms with Crippen molar-refractivity contribution in [2.75, 3.05) is 0 Å². The van der Waals surface area contributed by atoms with Crippen LogP contribution in [0.15, 0.2) is 30.3 Å². The van der Waals surface area contributed by atoms with Gasteiger partial charge >= 0.3 is 0 Å².